The van der Waals surface area contributed by atoms with Crippen LogP contribution in [-0.4, -0.2) is 83.2 Å². The second kappa shape index (κ2) is 21.7. The number of carbonyl (C=O) groups excluding carboxylic acids is 2. The Balaban J connectivity index is 1.49. The maximum atomic E-state index is 14.1. The molecule has 3 aromatic carbocycles. The SMILES string of the molecule is C=CCO[C@@]12Oc3ccc(OC(=O)NCc4ccccc4)cc3[C@H]3[C@H](CCCCO)[C@@H](CCCCO)C=C(C(=NOCc4ccc([N+](=O)[O-])cc4)C[C@@H]1N(C)C(=O)OCC(C)(C)C)[C@H]32. The number of nitro groups is 1. The molecule has 15 heteroatoms. The average molecular weight is 883 g/mol. The zero-order chi connectivity index (χ0) is 45.9. The van der Waals surface area contributed by atoms with Crippen LogP contribution in [0.25, 0.3) is 0 Å². The van der Waals surface area contributed by atoms with E-state index in [1.54, 1.807) is 37.4 Å². The third-order valence-corrected chi connectivity index (χ3v) is 12.1. The van der Waals surface area contributed by atoms with E-state index >= 15 is 0 Å². The molecule has 1 aliphatic heterocycles. The van der Waals surface area contributed by atoms with Crippen LogP contribution in [0.1, 0.15) is 88.3 Å². The Morgan fingerprint density at radius 3 is 2.41 bits per heavy atom. The molecular formula is C49H62N4O11. The fourth-order valence-electron chi connectivity index (χ4n) is 9.11. The van der Waals surface area contributed by atoms with Crippen molar-refractivity contribution in [2.24, 2.45) is 28.3 Å². The number of ether oxygens (including phenoxy) is 4. The number of allylic oxidation sites excluding steroid dienone is 1. The van der Waals surface area contributed by atoms with Gasteiger partial charge in [0, 0.05) is 56.8 Å². The highest BCUT2D eigenvalue weighted by atomic mass is 16.7. The highest BCUT2D eigenvalue weighted by Gasteiger charge is 2.65. The minimum atomic E-state index is -1.51. The second-order valence-corrected chi connectivity index (χ2v) is 17.9. The van der Waals surface area contributed by atoms with Gasteiger partial charge in [0.15, 0.2) is 0 Å². The van der Waals surface area contributed by atoms with Crippen molar-refractivity contribution in [2.75, 3.05) is 33.5 Å². The van der Waals surface area contributed by atoms with E-state index in [1.165, 1.54) is 17.0 Å². The molecule has 3 N–H and O–H groups in total. The van der Waals surface area contributed by atoms with E-state index in [9.17, 15) is 29.9 Å². The summed E-state index contributed by atoms with van der Waals surface area (Å²) in [4.78, 5) is 45.8. The lowest BCUT2D eigenvalue weighted by atomic mass is 9.55. The first-order valence-electron chi connectivity index (χ1n) is 22.1. The van der Waals surface area contributed by atoms with E-state index in [0.717, 1.165) is 36.0 Å². The van der Waals surface area contributed by atoms with Gasteiger partial charge in [-0.3, -0.25) is 10.1 Å². The lowest BCUT2D eigenvalue weighted by Crippen LogP contribution is -2.69. The van der Waals surface area contributed by atoms with Gasteiger partial charge in [-0.1, -0.05) is 81.3 Å². The lowest BCUT2D eigenvalue weighted by Gasteiger charge is -2.59. The maximum Gasteiger partial charge on any atom is 0.412 e. The van der Waals surface area contributed by atoms with Crippen molar-refractivity contribution in [2.45, 2.75) is 96.6 Å². The molecule has 2 aliphatic carbocycles. The van der Waals surface area contributed by atoms with Crippen molar-refractivity contribution >= 4 is 23.6 Å². The van der Waals surface area contributed by atoms with Crippen LogP contribution in [0, 0.1) is 33.3 Å². The van der Waals surface area contributed by atoms with Crippen molar-refractivity contribution in [1.29, 1.82) is 0 Å². The van der Waals surface area contributed by atoms with E-state index in [4.69, 9.17) is 28.9 Å². The maximum absolute atomic E-state index is 14.1. The van der Waals surface area contributed by atoms with Gasteiger partial charge in [0.05, 0.1) is 29.8 Å². The van der Waals surface area contributed by atoms with Gasteiger partial charge in [0.2, 0.25) is 5.79 Å². The van der Waals surface area contributed by atoms with Crippen molar-refractivity contribution in [3.05, 3.63) is 124 Å². The van der Waals surface area contributed by atoms with Crippen LogP contribution in [0.15, 0.2) is 102 Å². The van der Waals surface area contributed by atoms with Crippen LogP contribution in [-0.2, 0) is 27.5 Å². The predicted octanol–water partition coefficient (Wildman–Crippen LogP) is 8.83. The zero-order valence-electron chi connectivity index (χ0n) is 37.3. The minimum Gasteiger partial charge on any atom is -0.459 e. The fraction of sp³-hybridized carbons (Fsp3) is 0.490. The largest absolute Gasteiger partial charge is 0.459 e. The summed E-state index contributed by atoms with van der Waals surface area (Å²) in [7, 11) is 1.66. The smallest absolute Gasteiger partial charge is 0.412 e. The molecule has 6 atom stereocenters. The van der Waals surface area contributed by atoms with Crippen molar-refractivity contribution in [3.63, 3.8) is 0 Å². The monoisotopic (exact) mass is 882 g/mol. The van der Waals surface area contributed by atoms with Gasteiger partial charge < -0.3 is 44.2 Å². The number of hydrogen-bond acceptors (Lipinski definition) is 12. The van der Waals surface area contributed by atoms with Crippen LogP contribution in [0.2, 0.25) is 0 Å². The number of rotatable bonds is 20. The first kappa shape index (κ1) is 47.7. The summed E-state index contributed by atoms with van der Waals surface area (Å²) >= 11 is 0. The van der Waals surface area contributed by atoms with Crippen LogP contribution in [0.3, 0.4) is 0 Å². The number of non-ortho nitro benzene ring substituents is 1. The Hall–Kier alpha value is -5.77. The molecule has 15 nitrogen and oxygen atoms in total. The van der Waals surface area contributed by atoms with E-state index in [2.05, 4.69) is 18.0 Å². The van der Waals surface area contributed by atoms with Crippen LogP contribution in [0.4, 0.5) is 15.3 Å². The van der Waals surface area contributed by atoms with Crippen LogP contribution < -0.4 is 14.8 Å². The number of oxime groups is 1. The Bertz CT molecular complexity index is 2140. The minimum absolute atomic E-state index is 0.0190. The molecule has 344 valence electrons. The number of benzene rings is 3. The van der Waals surface area contributed by atoms with Crippen molar-refractivity contribution in [3.8, 4) is 11.5 Å². The summed E-state index contributed by atoms with van der Waals surface area (Å²) < 4.78 is 25.9. The number of nitrogens with one attached hydrogen (secondary N) is 1. The topological polar surface area (TPSA) is 192 Å². The number of aliphatic hydroxyl groups excluding tert-OH is 2. The molecule has 1 saturated carbocycles. The highest BCUT2D eigenvalue weighted by Crippen LogP contribution is 2.62. The van der Waals surface area contributed by atoms with Gasteiger partial charge in [-0.15, -0.1) is 6.58 Å². The number of amides is 2. The normalized spacial score (nSPS) is 22.8. The van der Waals surface area contributed by atoms with Crippen molar-refractivity contribution in [1.82, 2.24) is 10.2 Å². The number of likely N-dealkylation sites (N-methyl/N-ethyl adjacent to an activating group) is 1. The van der Waals surface area contributed by atoms with Crippen LogP contribution >= 0.6 is 0 Å². The molecule has 64 heavy (non-hydrogen) atoms. The molecule has 0 saturated heterocycles. The zero-order valence-corrected chi connectivity index (χ0v) is 37.3. The molecule has 0 unspecified atom stereocenters. The molecule has 0 aromatic heterocycles. The Kier molecular flexibility index (Phi) is 16.2. The van der Waals surface area contributed by atoms with E-state index in [0.29, 0.717) is 42.0 Å². The summed E-state index contributed by atoms with van der Waals surface area (Å²) in [6.45, 7) is 10.5. The van der Waals surface area contributed by atoms with Gasteiger partial charge >= 0.3 is 12.2 Å². The Labute approximate surface area is 375 Å². The van der Waals surface area contributed by atoms with E-state index in [-0.39, 0.29) is 74.9 Å². The summed E-state index contributed by atoms with van der Waals surface area (Å²) in [5.41, 5.74) is 3.40. The van der Waals surface area contributed by atoms with Gasteiger partial charge in [0.25, 0.3) is 5.69 Å². The third-order valence-electron chi connectivity index (χ3n) is 12.1. The number of fused-ring (bicyclic) bond motifs is 2. The van der Waals surface area contributed by atoms with E-state index in [1.807, 2.05) is 57.2 Å². The standard InChI is InChI=1S/C49H62N4O11/c1-6-26-61-49-43(52(5)47(57)60-32-48(2,3)4)29-41(51-62-31-34-18-20-36(21-19-34)53(58)59)39-27-35(16-10-12-24-54)38(17-11-13-25-55)44(45(39)49)40-28-37(22-23-42(40)64-49)63-46(56)50-30-33-14-8-7-9-15-33/h6-9,14-15,18-23,27-28,35,38,43-45,54-55H,1,10-13,16-17,24-26,29-32H2,2-5H3,(H,50,56)/t35-,38+,43-,44+,45+,49+/m0/s1. The van der Waals surface area contributed by atoms with Gasteiger partial charge in [-0.25, -0.2) is 9.59 Å². The van der Waals surface area contributed by atoms with Crippen molar-refractivity contribution < 1.29 is 48.5 Å². The molecule has 6 rings (SSSR count). The number of nitrogens with zero attached hydrogens (tertiary/aromatic N) is 3. The molecular weight excluding hydrogens is 821 g/mol. The number of nitro benzene ring substituents is 1. The highest BCUT2D eigenvalue weighted by molar-refractivity contribution is 6.03. The number of unbranched alkanes of at least 4 members (excludes halogenated alkanes) is 2. The van der Waals surface area contributed by atoms with Gasteiger partial charge in [-0.2, -0.15) is 0 Å². The number of hydrogen-bond donors (Lipinski definition) is 3. The summed E-state index contributed by atoms with van der Waals surface area (Å²) in [6, 6.07) is 20.1. The third kappa shape index (κ3) is 11.5. The van der Waals surface area contributed by atoms with Gasteiger partial charge in [-0.05, 0) is 90.0 Å². The lowest BCUT2D eigenvalue weighted by molar-refractivity contribution is -0.384. The molecule has 0 radical (unpaired) electrons. The fourth-order valence-corrected chi connectivity index (χ4v) is 9.11. The van der Waals surface area contributed by atoms with Crippen LogP contribution in [0.5, 0.6) is 11.5 Å². The molecule has 0 bridgehead atoms. The quantitative estimate of drug-likeness (QED) is 0.0425. The first-order chi connectivity index (χ1) is 30.8. The van der Waals surface area contributed by atoms with E-state index < -0.39 is 34.9 Å². The summed E-state index contributed by atoms with van der Waals surface area (Å²) in [6.07, 6.45) is 6.94. The second-order valence-electron chi connectivity index (χ2n) is 17.9. The molecule has 0 spiro atoms. The number of aliphatic hydroxyl groups is 2. The Morgan fingerprint density at radius 2 is 1.73 bits per heavy atom. The Morgan fingerprint density at radius 1 is 1.02 bits per heavy atom. The average Bonchev–Trinajstić information content (AvgIpc) is 3.28. The summed E-state index contributed by atoms with van der Waals surface area (Å²) in [5, 5.41) is 38.8. The molecule has 1 fully saturated rings. The molecule has 2 amide bonds. The molecule has 3 aliphatic rings. The predicted molar refractivity (Wildman–Crippen MR) is 241 cm³/mol. The number of carbonyl (C=O) groups is 2. The molecule has 1 heterocycles. The first-order valence-corrected chi connectivity index (χ1v) is 22.1. The van der Waals surface area contributed by atoms with Gasteiger partial charge in [0.1, 0.15) is 24.1 Å². The molecule has 3 aromatic rings. The summed E-state index contributed by atoms with van der Waals surface area (Å²) in [5.74, 6) is -1.75.